The van der Waals surface area contributed by atoms with Crippen molar-refractivity contribution in [2.75, 3.05) is 5.73 Å². The molecule has 0 atom stereocenters. The van der Waals surface area contributed by atoms with E-state index < -0.39 is 0 Å². The number of aromatic hydroxyl groups is 1. The molecule has 1 heterocycles. The Kier molecular flexibility index (Phi) is 1.45. The van der Waals surface area contributed by atoms with Crippen LogP contribution in [0.4, 0.5) is 5.69 Å². The first kappa shape index (κ1) is 7.91. The van der Waals surface area contributed by atoms with E-state index in [-0.39, 0.29) is 5.75 Å². The van der Waals surface area contributed by atoms with Crippen LogP contribution in [-0.4, -0.2) is 10.1 Å². The number of nitrogen functional groups attached to an aromatic ring is 1. The van der Waals surface area contributed by atoms with Crippen LogP contribution in [0.5, 0.6) is 5.75 Å². The van der Waals surface area contributed by atoms with Crippen LogP contribution in [0.3, 0.4) is 0 Å². The topological polar surface area (TPSA) is 72.3 Å². The molecule has 0 fully saturated rings. The highest BCUT2D eigenvalue weighted by Crippen LogP contribution is 2.32. The minimum Gasteiger partial charge on any atom is -0.505 e. The fourth-order valence-corrected chi connectivity index (χ4v) is 1.35. The molecular formula is C9H10N2O2. The number of aryl methyl sites for hydroxylation is 2. The SMILES string of the molecule is Cc1nc2c(C)c(O)c(N)cc2o1. The van der Waals surface area contributed by atoms with Crippen LogP contribution in [0.25, 0.3) is 11.1 Å². The third-order valence-electron chi connectivity index (χ3n) is 2.03. The molecule has 2 rings (SSSR count). The minimum absolute atomic E-state index is 0.0841. The summed E-state index contributed by atoms with van der Waals surface area (Å²) in [5.74, 6) is 0.656. The van der Waals surface area contributed by atoms with E-state index in [2.05, 4.69) is 4.98 Å². The highest BCUT2D eigenvalue weighted by molar-refractivity contribution is 5.84. The Morgan fingerprint density at radius 1 is 1.46 bits per heavy atom. The van der Waals surface area contributed by atoms with Gasteiger partial charge in [0.15, 0.2) is 11.5 Å². The summed E-state index contributed by atoms with van der Waals surface area (Å²) < 4.78 is 5.28. The number of aromatic nitrogens is 1. The summed E-state index contributed by atoms with van der Waals surface area (Å²) in [5, 5.41) is 9.51. The second-order valence-electron chi connectivity index (χ2n) is 3.02. The van der Waals surface area contributed by atoms with Crippen molar-refractivity contribution in [3.8, 4) is 5.75 Å². The molecule has 0 unspecified atom stereocenters. The van der Waals surface area contributed by atoms with Crippen molar-refractivity contribution in [1.29, 1.82) is 0 Å². The van der Waals surface area contributed by atoms with Gasteiger partial charge in [-0.25, -0.2) is 4.98 Å². The summed E-state index contributed by atoms with van der Waals surface area (Å²) in [6.07, 6.45) is 0. The first-order valence-corrected chi connectivity index (χ1v) is 3.95. The number of hydrogen-bond acceptors (Lipinski definition) is 4. The van der Waals surface area contributed by atoms with Crippen LogP contribution >= 0.6 is 0 Å². The summed E-state index contributed by atoms with van der Waals surface area (Å²) in [5.41, 5.74) is 7.82. The quantitative estimate of drug-likeness (QED) is 0.476. The number of fused-ring (bicyclic) bond motifs is 1. The monoisotopic (exact) mass is 178 g/mol. The van der Waals surface area contributed by atoms with Gasteiger partial charge in [0, 0.05) is 18.6 Å². The predicted molar refractivity (Wildman–Crippen MR) is 49.6 cm³/mol. The molecular weight excluding hydrogens is 168 g/mol. The lowest BCUT2D eigenvalue weighted by molar-refractivity contribution is 0.474. The third-order valence-corrected chi connectivity index (χ3v) is 2.03. The van der Waals surface area contributed by atoms with Crippen LogP contribution in [-0.2, 0) is 0 Å². The van der Waals surface area contributed by atoms with Gasteiger partial charge in [0.2, 0.25) is 0 Å². The summed E-state index contributed by atoms with van der Waals surface area (Å²) >= 11 is 0. The standard InChI is InChI=1S/C9H10N2O2/c1-4-8-7(13-5(2)11-8)3-6(10)9(4)12/h3,12H,10H2,1-2H3. The lowest BCUT2D eigenvalue weighted by atomic mass is 10.1. The highest BCUT2D eigenvalue weighted by atomic mass is 16.3. The molecule has 0 saturated heterocycles. The Morgan fingerprint density at radius 3 is 2.85 bits per heavy atom. The average Bonchev–Trinajstić information content (AvgIpc) is 2.42. The van der Waals surface area contributed by atoms with E-state index in [4.69, 9.17) is 10.2 Å². The van der Waals surface area contributed by atoms with Crippen molar-refractivity contribution < 1.29 is 9.52 Å². The molecule has 1 aromatic carbocycles. The Hall–Kier alpha value is -1.71. The van der Waals surface area contributed by atoms with Crippen LogP contribution in [0.2, 0.25) is 0 Å². The molecule has 0 saturated carbocycles. The lowest BCUT2D eigenvalue weighted by Crippen LogP contribution is -1.88. The van der Waals surface area contributed by atoms with Crippen LogP contribution in [0, 0.1) is 13.8 Å². The Morgan fingerprint density at radius 2 is 2.15 bits per heavy atom. The van der Waals surface area contributed by atoms with Gasteiger partial charge < -0.3 is 15.3 Å². The third kappa shape index (κ3) is 1.02. The number of nitrogens with two attached hydrogens (primary N) is 1. The maximum atomic E-state index is 9.51. The van der Waals surface area contributed by atoms with Gasteiger partial charge in [0.1, 0.15) is 11.3 Å². The van der Waals surface area contributed by atoms with E-state index >= 15 is 0 Å². The summed E-state index contributed by atoms with van der Waals surface area (Å²) in [7, 11) is 0. The Balaban J connectivity index is 2.92. The van der Waals surface area contributed by atoms with Gasteiger partial charge in [-0.15, -0.1) is 0 Å². The average molecular weight is 178 g/mol. The molecule has 13 heavy (non-hydrogen) atoms. The molecule has 0 amide bonds. The number of anilines is 1. The lowest BCUT2D eigenvalue weighted by Gasteiger charge is -2.01. The number of phenols is 1. The van der Waals surface area contributed by atoms with Gasteiger partial charge in [-0.1, -0.05) is 0 Å². The molecule has 0 spiro atoms. The van der Waals surface area contributed by atoms with Crippen molar-refractivity contribution in [2.45, 2.75) is 13.8 Å². The molecule has 4 nitrogen and oxygen atoms in total. The maximum absolute atomic E-state index is 9.51. The molecule has 0 aliphatic rings. The zero-order valence-corrected chi connectivity index (χ0v) is 7.46. The second-order valence-corrected chi connectivity index (χ2v) is 3.02. The fraction of sp³-hybridized carbons (Fsp3) is 0.222. The van der Waals surface area contributed by atoms with Gasteiger partial charge in [0.05, 0.1) is 5.69 Å². The molecule has 0 bridgehead atoms. The minimum atomic E-state index is 0.0841. The number of oxazole rings is 1. The maximum Gasteiger partial charge on any atom is 0.192 e. The molecule has 0 aliphatic carbocycles. The molecule has 3 N–H and O–H groups in total. The van der Waals surface area contributed by atoms with Crippen molar-refractivity contribution in [3.05, 3.63) is 17.5 Å². The Labute approximate surface area is 75.0 Å². The largest absolute Gasteiger partial charge is 0.505 e. The van der Waals surface area contributed by atoms with Crippen molar-refractivity contribution in [1.82, 2.24) is 4.98 Å². The highest BCUT2D eigenvalue weighted by Gasteiger charge is 2.11. The first-order valence-electron chi connectivity index (χ1n) is 3.95. The van der Waals surface area contributed by atoms with Gasteiger partial charge in [-0.05, 0) is 6.92 Å². The number of hydrogen-bond donors (Lipinski definition) is 2. The summed E-state index contributed by atoms with van der Waals surface area (Å²) in [6, 6.07) is 1.58. The molecule has 4 heteroatoms. The van der Waals surface area contributed by atoms with Crippen LogP contribution in [0.1, 0.15) is 11.5 Å². The second kappa shape index (κ2) is 2.39. The van der Waals surface area contributed by atoms with Gasteiger partial charge >= 0.3 is 0 Å². The zero-order valence-electron chi connectivity index (χ0n) is 7.46. The number of benzene rings is 1. The van der Waals surface area contributed by atoms with Crippen molar-refractivity contribution >= 4 is 16.8 Å². The zero-order chi connectivity index (χ0) is 9.59. The van der Waals surface area contributed by atoms with E-state index in [0.29, 0.717) is 28.2 Å². The van der Waals surface area contributed by atoms with E-state index in [9.17, 15) is 5.11 Å². The smallest absolute Gasteiger partial charge is 0.192 e. The van der Waals surface area contributed by atoms with E-state index in [1.807, 2.05) is 0 Å². The van der Waals surface area contributed by atoms with Crippen LogP contribution < -0.4 is 5.73 Å². The van der Waals surface area contributed by atoms with Gasteiger partial charge in [-0.2, -0.15) is 0 Å². The Bertz CT molecular complexity index is 474. The molecule has 68 valence electrons. The van der Waals surface area contributed by atoms with Crippen molar-refractivity contribution in [3.63, 3.8) is 0 Å². The number of nitrogens with zero attached hydrogens (tertiary/aromatic N) is 1. The first-order chi connectivity index (χ1) is 6.09. The number of phenolic OH excluding ortho intramolecular Hbond substituents is 1. The summed E-state index contributed by atoms with van der Waals surface area (Å²) in [6.45, 7) is 3.52. The molecule has 0 aliphatic heterocycles. The van der Waals surface area contributed by atoms with Gasteiger partial charge in [0.25, 0.3) is 0 Å². The van der Waals surface area contributed by atoms with E-state index in [1.165, 1.54) is 0 Å². The van der Waals surface area contributed by atoms with Crippen LogP contribution in [0.15, 0.2) is 10.5 Å². The van der Waals surface area contributed by atoms with E-state index in [1.54, 1.807) is 19.9 Å². The van der Waals surface area contributed by atoms with E-state index in [0.717, 1.165) is 0 Å². The van der Waals surface area contributed by atoms with Gasteiger partial charge in [-0.3, -0.25) is 0 Å². The molecule has 0 radical (unpaired) electrons. The fourth-order valence-electron chi connectivity index (χ4n) is 1.35. The summed E-state index contributed by atoms with van der Waals surface area (Å²) in [4.78, 5) is 4.13. The number of rotatable bonds is 0. The molecule has 2 aromatic rings. The normalized spacial score (nSPS) is 10.9. The van der Waals surface area contributed by atoms with Crippen molar-refractivity contribution in [2.24, 2.45) is 0 Å². The molecule has 1 aromatic heterocycles. The predicted octanol–water partition coefficient (Wildman–Crippen LogP) is 1.73.